The van der Waals surface area contributed by atoms with Gasteiger partial charge >= 0.3 is 0 Å². The van der Waals surface area contributed by atoms with E-state index < -0.39 is 0 Å². The van der Waals surface area contributed by atoms with Crippen LogP contribution in [0.2, 0.25) is 0 Å². The number of rotatable bonds is 7. The van der Waals surface area contributed by atoms with E-state index in [0.29, 0.717) is 25.0 Å². The second kappa shape index (κ2) is 8.09. The minimum absolute atomic E-state index is 0.516. The molecule has 0 radical (unpaired) electrons. The summed E-state index contributed by atoms with van der Waals surface area (Å²) in [5, 5.41) is 0. The number of hydrogen-bond acceptors (Lipinski definition) is 3. The van der Waals surface area contributed by atoms with Gasteiger partial charge in [-0.05, 0) is 40.6 Å². The van der Waals surface area contributed by atoms with Crippen molar-refractivity contribution in [1.29, 1.82) is 0 Å². The summed E-state index contributed by atoms with van der Waals surface area (Å²) >= 11 is 2.22. The Bertz CT molecular complexity index is 531. The summed E-state index contributed by atoms with van der Waals surface area (Å²) < 4.78 is 12.4. The largest absolute Gasteiger partial charge is 0.478 e. The third-order valence-corrected chi connectivity index (χ3v) is 3.58. The van der Waals surface area contributed by atoms with Gasteiger partial charge in [0.15, 0.2) is 0 Å². The molecule has 3 nitrogen and oxygen atoms in total. The molecule has 0 atom stereocenters. The highest BCUT2D eigenvalue weighted by atomic mass is 127. The zero-order chi connectivity index (χ0) is 14.2. The Morgan fingerprint density at radius 1 is 1.05 bits per heavy atom. The van der Waals surface area contributed by atoms with Gasteiger partial charge in [0.2, 0.25) is 11.8 Å². The van der Waals surface area contributed by atoms with Crippen molar-refractivity contribution in [3.05, 3.63) is 51.6 Å². The van der Waals surface area contributed by atoms with E-state index in [2.05, 4.69) is 34.5 Å². The fourth-order valence-corrected chi connectivity index (χ4v) is 2.09. The van der Waals surface area contributed by atoms with Crippen LogP contribution in [0.1, 0.15) is 25.3 Å². The molecule has 1 heterocycles. The lowest BCUT2D eigenvalue weighted by molar-refractivity contribution is 0.268. The van der Waals surface area contributed by atoms with E-state index in [1.165, 1.54) is 0 Å². The van der Waals surface area contributed by atoms with Crippen molar-refractivity contribution in [2.75, 3.05) is 6.61 Å². The van der Waals surface area contributed by atoms with Gasteiger partial charge in [-0.15, -0.1) is 0 Å². The molecular weight excluding hydrogens is 365 g/mol. The SMILES string of the molecule is CCCCOc1ccc(I)c(OCc2ccccc2)n1. The van der Waals surface area contributed by atoms with Crippen LogP contribution in [0.3, 0.4) is 0 Å². The van der Waals surface area contributed by atoms with Gasteiger partial charge in [0, 0.05) is 6.07 Å². The number of benzene rings is 1. The molecule has 0 bridgehead atoms. The predicted octanol–water partition coefficient (Wildman–Crippen LogP) is 4.44. The lowest BCUT2D eigenvalue weighted by atomic mass is 10.2. The second-order valence-electron chi connectivity index (χ2n) is 4.41. The van der Waals surface area contributed by atoms with Crippen LogP contribution in [0.4, 0.5) is 0 Å². The number of unbranched alkanes of at least 4 members (excludes halogenated alkanes) is 1. The van der Waals surface area contributed by atoms with Gasteiger partial charge in [-0.3, -0.25) is 0 Å². The molecule has 1 aromatic carbocycles. The highest BCUT2D eigenvalue weighted by Crippen LogP contribution is 2.22. The second-order valence-corrected chi connectivity index (χ2v) is 5.57. The van der Waals surface area contributed by atoms with Crippen molar-refractivity contribution in [1.82, 2.24) is 4.98 Å². The smallest absolute Gasteiger partial charge is 0.230 e. The molecule has 0 spiro atoms. The molecule has 2 rings (SSSR count). The zero-order valence-electron chi connectivity index (χ0n) is 11.5. The molecule has 1 aromatic heterocycles. The van der Waals surface area contributed by atoms with Crippen molar-refractivity contribution >= 4 is 22.6 Å². The van der Waals surface area contributed by atoms with Crippen molar-refractivity contribution in [2.45, 2.75) is 26.4 Å². The van der Waals surface area contributed by atoms with Crippen LogP contribution in [0.15, 0.2) is 42.5 Å². The zero-order valence-corrected chi connectivity index (χ0v) is 13.7. The van der Waals surface area contributed by atoms with Crippen LogP contribution in [0.25, 0.3) is 0 Å². The van der Waals surface area contributed by atoms with Crippen LogP contribution in [-0.4, -0.2) is 11.6 Å². The van der Waals surface area contributed by atoms with E-state index >= 15 is 0 Å². The Morgan fingerprint density at radius 2 is 1.85 bits per heavy atom. The average Bonchev–Trinajstić information content (AvgIpc) is 2.49. The van der Waals surface area contributed by atoms with Gasteiger partial charge in [0.25, 0.3) is 0 Å². The van der Waals surface area contributed by atoms with E-state index in [9.17, 15) is 0 Å². The van der Waals surface area contributed by atoms with Gasteiger partial charge in [-0.2, -0.15) is 4.98 Å². The lowest BCUT2D eigenvalue weighted by Gasteiger charge is -2.10. The maximum absolute atomic E-state index is 5.77. The summed E-state index contributed by atoms with van der Waals surface area (Å²) in [6.45, 7) is 3.35. The molecule has 20 heavy (non-hydrogen) atoms. The summed E-state index contributed by atoms with van der Waals surface area (Å²) in [6, 6.07) is 13.9. The molecule has 2 aromatic rings. The normalized spacial score (nSPS) is 10.3. The summed E-state index contributed by atoms with van der Waals surface area (Å²) in [5.41, 5.74) is 1.13. The van der Waals surface area contributed by atoms with Gasteiger partial charge in [-0.1, -0.05) is 43.7 Å². The monoisotopic (exact) mass is 383 g/mol. The molecule has 4 heteroatoms. The standard InChI is InChI=1S/C16H18INO2/c1-2-3-11-19-15-10-9-14(17)16(18-15)20-12-13-7-5-4-6-8-13/h4-10H,2-3,11-12H2,1H3. The van der Waals surface area contributed by atoms with Gasteiger partial charge < -0.3 is 9.47 Å². The molecule has 0 aliphatic carbocycles. The Labute approximate surface area is 133 Å². The van der Waals surface area contributed by atoms with E-state index in [-0.39, 0.29) is 0 Å². The Morgan fingerprint density at radius 3 is 2.60 bits per heavy atom. The molecule has 0 amide bonds. The van der Waals surface area contributed by atoms with Crippen LogP contribution in [-0.2, 0) is 6.61 Å². The number of aromatic nitrogens is 1. The number of hydrogen-bond donors (Lipinski definition) is 0. The summed E-state index contributed by atoms with van der Waals surface area (Å²) in [6.07, 6.45) is 2.15. The Balaban J connectivity index is 1.97. The Kier molecular flexibility index (Phi) is 6.11. The summed E-state index contributed by atoms with van der Waals surface area (Å²) in [7, 11) is 0. The maximum Gasteiger partial charge on any atom is 0.230 e. The first-order valence-corrected chi connectivity index (χ1v) is 7.83. The van der Waals surface area contributed by atoms with E-state index in [4.69, 9.17) is 9.47 Å². The molecule has 0 aliphatic rings. The minimum atomic E-state index is 0.516. The van der Waals surface area contributed by atoms with Crippen molar-refractivity contribution in [2.24, 2.45) is 0 Å². The lowest BCUT2D eigenvalue weighted by Crippen LogP contribution is -2.02. The van der Waals surface area contributed by atoms with E-state index in [1.54, 1.807) is 0 Å². The fourth-order valence-electron chi connectivity index (χ4n) is 1.64. The van der Waals surface area contributed by atoms with Gasteiger partial charge in [0.05, 0.1) is 10.2 Å². The van der Waals surface area contributed by atoms with Crippen LogP contribution in [0, 0.1) is 3.57 Å². The predicted molar refractivity (Wildman–Crippen MR) is 88.1 cm³/mol. The highest BCUT2D eigenvalue weighted by molar-refractivity contribution is 14.1. The molecule has 0 N–H and O–H groups in total. The molecule has 0 unspecified atom stereocenters. The van der Waals surface area contributed by atoms with Crippen molar-refractivity contribution in [3.8, 4) is 11.8 Å². The minimum Gasteiger partial charge on any atom is -0.478 e. The van der Waals surface area contributed by atoms with Crippen molar-refractivity contribution in [3.63, 3.8) is 0 Å². The molecule has 0 fully saturated rings. The average molecular weight is 383 g/mol. The summed E-state index contributed by atoms with van der Waals surface area (Å²) in [5.74, 6) is 1.25. The third-order valence-electron chi connectivity index (χ3n) is 2.75. The quantitative estimate of drug-likeness (QED) is 0.523. The highest BCUT2D eigenvalue weighted by Gasteiger charge is 2.06. The van der Waals surface area contributed by atoms with Crippen LogP contribution >= 0.6 is 22.6 Å². The van der Waals surface area contributed by atoms with Crippen LogP contribution < -0.4 is 9.47 Å². The van der Waals surface area contributed by atoms with Gasteiger partial charge in [-0.25, -0.2) is 0 Å². The fraction of sp³-hybridized carbons (Fsp3) is 0.312. The molecule has 0 aliphatic heterocycles. The Hall–Kier alpha value is -1.30. The van der Waals surface area contributed by atoms with E-state index in [1.807, 2.05) is 42.5 Å². The van der Waals surface area contributed by atoms with Crippen molar-refractivity contribution < 1.29 is 9.47 Å². The first-order valence-electron chi connectivity index (χ1n) is 6.75. The molecule has 0 saturated carbocycles. The molecular formula is C16H18INO2. The maximum atomic E-state index is 5.77. The van der Waals surface area contributed by atoms with E-state index in [0.717, 1.165) is 22.0 Å². The summed E-state index contributed by atoms with van der Waals surface area (Å²) in [4.78, 5) is 4.41. The van der Waals surface area contributed by atoms with Gasteiger partial charge in [0.1, 0.15) is 6.61 Å². The molecule has 0 saturated heterocycles. The number of pyridine rings is 1. The van der Waals surface area contributed by atoms with Crippen LogP contribution in [0.5, 0.6) is 11.8 Å². The number of halogens is 1. The number of nitrogens with zero attached hydrogens (tertiary/aromatic N) is 1. The third kappa shape index (κ3) is 4.67. The first kappa shape index (κ1) is 15.1. The number of ether oxygens (including phenoxy) is 2. The topological polar surface area (TPSA) is 31.4 Å². The first-order chi connectivity index (χ1) is 9.79. The molecule has 106 valence electrons.